The van der Waals surface area contributed by atoms with Gasteiger partial charge in [0.25, 0.3) is 0 Å². The first-order valence-electron chi connectivity index (χ1n) is 32.5. The van der Waals surface area contributed by atoms with Gasteiger partial charge in [-0.1, -0.05) is 290 Å². The molecule has 0 amide bonds. The number of carbonyl (C=O) groups excluding carboxylic acids is 3. The number of hydrogen-bond acceptors (Lipinski definition) is 6. The largest absolute Gasteiger partial charge is 0.462 e. The van der Waals surface area contributed by atoms with Crippen LogP contribution in [0, 0.1) is 0 Å². The number of hydrogen-bond donors (Lipinski definition) is 0. The number of carbonyl (C=O) groups is 3. The Hall–Kier alpha value is -4.19. The van der Waals surface area contributed by atoms with Crippen LogP contribution in [0.1, 0.15) is 297 Å². The van der Waals surface area contributed by atoms with Gasteiger partial charge in [-0.25, -0.2) is 0 Å². The number of allylic oxidation sites excluding steroid dienone is 20. The van der Waals surface area contributed by atoms with Gasteiger partial charge < -0.3 is 14.2 Å². The van der Waals surface area contributed by atoms with E-state index >= 15 is 0 Å². The fraction of sp³-hybridized carbons (Fsp3) is 0.681. The van der Waals surface area contributed by atoms with Gasteiger partial charge in [0, 0.05) is 19.3 Å². The lowest BCUT2D eigenvalue weighted by Gasteiger charge is -2.18. The second-order valence-electron chi connectivity index (χ2n) is 21.3. The fourth-order valence-electron chi connectivity index (χ4n) is 8.91. The Morgan fingerprint density at radius 2 is 0.500 bits per heavy atom. The zero-order chi connectivity index (χ0) is 56.4. The predicted molar refractivity (Wildman–Crippen MR) is 339 cm³/mol. The van der Waals surface area contributed by atoms with Crippen LogP contribution in [0.15, 0.2) is 122 Å². The molecular weight excluding hydrogens is 961 g/mol. The van der Waals surface area contributed by atoms with E-state index in [2.05, 4.69) is 142 Å². The molecule has 0 aromatic rings. The Morgan fingerprint density at radius 1 is 0.269 bits per heavy atom. The maximum Gasteiger partial charge on any atom is 0.306 e. The highest BCUT2D eigenvalue weighted by Gasteiger charge is 2.19. The third kappa shape index (κ3) is 62.7. The fourth-order valence-corrected chi connectivity index (χ4v) is 8.91. The van der Waals surface area contributed by atoms with Gasteiger partial charge in [-0.15, -0.1) is 0 Å². The van der Waals surface area contributed by atoms with E-state index in [1.807, 2.05) is 0 Å². The molecule has 0 spiro atoms. The molecule has 0 saturated carbocycles. The highest BCUT2D eigenvalue weighted by atomic mass is 16.6. The van der Waals surface area contributed by atoms with Gasteiger partial charge in [-0.2, -0.15) is 0 Å². The van der Waals surface area contributed by atoms with E-state index in [1.54, 1.807) is 0 Å². The molecule has 444 valence electrons. The van der Waals surface area contributed by atoms with Gasteiger partial charge in [-0.3, -0.25) is 14.4 Å². The van der Waals surface area contributed by atoms with Crippen molar-refractivity contribution in [1.29, 1.82) is 0 Å². The summed E-state index contributed by atoms with van der Waals surface area (Å²) in [4.78, 5) is 38.0. The molecule has 0 radical (unpaired) electrons. The second-order valence-corrected chi connectivity index (χ2v) is 21.3. The van der Waals surface area contributed by atoms with E-state index in [4.69, 9.17) is 14.2 Å². The molecule has 0 aliphatic rings. The summed E-state index contributed by atoms with van der Waals surface area (Å²) < 4.78 is 16.8. The minimum absolute atomic E-state index is 0.0829. The van der Waals surface area contributed by atoms with Crippen LogP contribution in [0.5, 0.6) is 0 Å². The van der Waals surface area contributed by atoms with Crippen LogP contribution in [-0.2, 0) is 28.6 Å². The topological polar surface area (TPSA) is 78.9 Å². The van der Waals surface area contributed by atoms with Crippen LogP contribution in [0.3, 0.4) is 0 Å². The molecular formula is C72H120O6. The van der Waals surface area contributed by atoms with Gasteiger partial charge in [0.1, 0.15) is 13.2 Å². The van der Waals surface area contributed by atoms with Gasteiger partial charge in [0.05, 0.1) is 0 Å². The van der Waals surface area contributed by atoms with E-state index in [0.29, 0.717) is 19.3 Å². The Balaban J connectivity index is 4.02. The van der Waals surface area contributed by atoms with Crippen molar-refractivity contribution in [3.05, 3.63) is 122 Å². The standard InChI is InChI=1S/C72H120O6/c1-4-7-10-13-16-18-20-22-24-26-28-29-30-31-32-33-34-35-36-37-38-39-40-41-42-43-45-46-48-50-52-54-56-59-62-65-71(74)77-68-69(67-76-70(73)64-61-58-15-12-9-6-3)78-72(75)66-63-60-57-55-53-51-49-47-44-27-25-23-21-19-17-14-11-8-5-2/h7-8,10-11,16-19,22-25,28-29,31-32,34-35,44,47,69H,4-6,9,12-15,20-21,26-27,30,33,36-43,45-46,48-68H2,1-3H3/b10-7-,11-8-,18-16-,19-17-,24-22-,25-23-,29-28-,32-31-,35-34-,47-44-. The maximum atomic E-state index is 12.8. The summed E-state index contributed by atoms with van der Waals surface area (Å²) in [5.74, 6) is -0.901. The molecule has 0 fully saturated rings. The molecule has 1 unspecified atom stereocenters. The van der Waals surface area contributed by atoms with Crippen molar-refractivity contribution in [2.45, 2.75) is 303 Å². The Labute approximate surface area is 482 Å². The van der Waals surface area contributed by atoms with Crippen LogP contribution in [0.25, 0.3) is 0 Å². The number of ether oxygens (including phenoxy) is 3. The Kier molecular flexibility index (Phi) is 61.8. The predicted octanol–water partition coefficient (Wildman–Crippen LogP) is 22.4. The first-order chi connectivity index (χ1) is 38.5. The van der Waals surface area contributed by atoms with Crippen LogP contribution in [0.2, 0.25) is 0 Å². The smallest absolute Gasteiger partial charge is 0.306 e. The first-order valence-corrected chi connectivity index (χ1v) is 32.5. The molecule has 0 N–H and O–H groups in total. The summed E-state index contributed by atoms with van der Waals surface area (Å²) in [6, 6.07) is 0. The lowest BCUT2D eigenvalue weighted by molar-refractivity contribution is -0.167. The molecule has 0 heterocycles. The van der Waals surface area contributed by atoms with Crippen molar-refractivity contribution in [2.24, 2.45) is 0 Å². The zero-order valence-electron chi connectivity index (χ0n) is 50.9. The van der Waals surface area contributed by atoms with Gasteiger partial charge in [0.15, 0.2) is 6.10 Å². The van der Waals surface area contributed by atoms with Crippen LogP contribution < -0.4 is 0 Å². The van der Waals surface area contributed by atoms with E-state index in [1.165, 1.54) is 122 Å². The van der Waals surface area contributed by atoms with Crippen molar-refractivity contribution in [2.75, 3.05) is 13.2 Å². The third-order valence-electron chi connectivity index (χ3n) is 13.7. The molecule has 6 heteroatoms. The maximum absolute atomic E-state index is 12.8. The Bertz CT molecular complexity index is 1620. The lowest BCUT2D eigenvalue weighted by Crippen LogP contribution is -2.30. The molecule has 0 aliphatic heterocycles. The van der Waals surface area contributed by atoms with Crippen LogP contribution >= 0.6 is 0 Å². The summed E-state index contributed by atoms with van der Waals surface area (Å²) in [6.45, 7) is 6.35. The Morgan fingerprint density at radius 3 is 0.782 bits per heavy atom. The SMILES string of the molecule is CC/C=C\C/C=C\C/C=C\C/C=C\C/C=C\C/C=C\CCCCCCCCCCCCCCCCCCC(=O)OCC(COC(=O)CCCCCCCC)OC(=O)CCCCCCCC/C=C\C/C=C\C/C=C\C/C=C\CC. The lowest BCUT2D eigenvalue weighted by atomic mass is 10.0. The van der Waals surface area contributed by atoms with Gasteiger partial charge in [0.2, 0.25) is 0 Å². The minimum atomic E-state index is -0.783. The van der Waals surface area contributed by atoms with E-state index in [0.717, 1.165) is 135 Å². The number of rotatable bonds is 58. The zero-order valence-corrected chi connectivity index (χ0v) is 50.9. The van der Waals surface area contributed by atoms with E-state index < -0.39 is 6.10 Å². The summed E-state index contributed by atoms with van der Waals surface area (Å²) in [5, 5.41) is 0. The molecule has 6 nitrogen and oxygen atoms in total. The molecule has 0 rings (SSSR count). The van der Waals surface area contributed by atoms with E-state index in [9.17, 15) is 14.4 Å². The summed E-state index contributed by atoms with van der Waals surface area (Å²) in [6.07, 6.45) is 91.1. The van der Waals surface area contributed by atoms with E-state index in [-0.39, 0.29) is 31.1 Å². The van der Waals surface area contributed by atoms with Gasteiger partial charge in [-0.05, 0) is 109 Å². The average molecular weight is 1080 g/mol. The van der Waals surface area contributed by atoms with Crippen molar-refractivity contribution in [3.8, 4) is 0 Å². The van der Waals surface area contributed by atoms with Crippen molar-refractivity contribution in [1.82, 2.24) is 0 Å². The third-order valence-corrected chi connectivity index (χ3v) is 13.7. The monoisotopic (exact) mass is 1080 g/mol. The molecule has 0 aromatic carbocycles. The van der Waals surface area contributed by atoms with Crippen LogP contribution in [-0.4, -0.2) is 37.2 Å². The molecule has 1 atom stereocenters. The first kappa shape index (κ1) is 73.8. The molecule has 0 aliphatic carbocycles. The van der Waals surface area contributed by atoms with Crippen LogP contribution in [0.4, 0.5) is 0 Å². The highest BCUT2D eigenvalue weighted by molar-refractivity contribution is 5.71. The van der Waals surface area contributed by atoms with Crippen molar-refractivity contribution in [3.63, 3.8) is 0 Å². The highest BCUT2D eigenvalue weighted by Crippen LogP contribution is 2.16. The molecule has 0 bridgehead atoms. The van der Waals surface area contributed by atoms with Crippen molar-refractivity contribution >= 4 is 17.9 Å². The average Bonchev–Trinajstić information content (AvgIpc) is 3.44. The second kappa shape index (κ2) is 65.3. The molecule has 0 saturated heterocycles. The summed E-state index contributed by atoms with van der Waals surface area (Å²) >= 11 is 0. The molecule has 78 heavy (non-hydrogen) atoms. The minimum Gasteiger partial charge on any atom is -0.462 e. The normalized spacial score (nSPS) is 12.9. The summed E-state index contributed by atoms with van der Waals surface area (Å²) in [5.41, 5.74) is 0. The quantitative estimate of drug-likeness (QED) is 0.0261. The summed E-state index contributed by atoms with van der Waals surface area (Å²) in [7, 11) is 0. The van der Waals surface area contributed by atoms with Gasteiger partial charge >= 0.3 is 17.9 Å². The molecule has 0 aromatic heterocycles. The number of unbranched alkanes of at least 4 members (excludes halogenated alkanes) is 27. The number of esters is 3. The van der Waals surface area contributed by atoms with Crippen molar-refractivity contribution < 1.29 is 28.6 Å².